The average molecular weight is 268 g/mol. The van der Waals surface area contributed by atoms with E-state index < -0.39 is 0 Å². The summed E-state index contributed by atoms with van der Waals surface area (Å²) >= 11 is 0. The van der Waals surface area contributed by atoms with Crippen molar-refractivity contribution in [3.05, 3.63) is 59.4 Å². The Kier molecular flexibility index (Phi) is 3.97. The van der Waals surface area contributed by atoms with Crippen LogP contribution in [0.5, 0.6) is 0 Å². The highest BCUT2D eigenvalue weighted by Gasteiger charge is 2.23. The van der Waals surface area contributed by atoms with Crippen molar-refractivity contribution in [1.29, 1.82) is 0 Å². The average Bonchev–Trinajstić information content (AvgIpc) is 2.90. The van der Waals surface area contributed by atoms with Crippen LogP contribution in [0.25, 0.3) is 0 Å². The van der Waals surface area contributed by atoms with Crippen LogP contribution in [0, 0.1) is 0 Å². The lowest BCUT2D eigenvalue weighted by Gasteiger charge is -2.17. The molecular formula is C17H20N2O. The van der Waals surface area contributed by atoms with E-state index in [2.05, 4.69) is 40.6 Å². The number of benzene rings is 1. The van der Waals surface area contributed by atoms with Crippen LogP contribution in [0.1, 0.15) is 29.3 Å². The third-order valence-electron chi connectivity index (χ3n) is 3.88. The van der Waals surface area contributed by atoms with E-state index in [1.165, 1.54) is 22.5 Å². The van der Waals surface area contributed by atoms with Crippen LogP contribution in [0.3, 0.4) is 0 Å². The number of hydrogen-bond acceptors (Lipinski definition) is 3. The minimum absolute atomic E-state index is 0.329. The zero-order valence-corrected chi connectivity index (χ0v) is 11.8. The topological polar surface area (TPSA) is 34.1 Å². The Hall–Kier alpha value is -1.87. The lowest BCUT2D eigenvalue weighted by Crippen LogP contribution is -2.10. The van der Waals surface area contributed by atoms with Crippen LogP contribution in [0.4, 0.5) is 5.69 Å². The van der Waals surface area contributed by atoms with Gasteiger partial charge in [0.15, 0.2) is 0 Å². The summed E-state index contributed by atoms with van der Waals surface area (Å²) in [4.78, 5) is 4.54. The van der Waals surface area contributed by atoms with Crippen molar-refractivity contribution < 1.29 is 4.74 Å². The molecule has 0 saturated heterocycles. The molecule has 3 nitrogen and oxygen atoms in total. The number of para-hydroxylation sites is 1. The van der Waals surface area contributed by atoms with Gasteiger partial charge in [-0.05, 0) is 42.5 Å². The van der Waals surface area contributed by atoms with Gasteiger partial charge < -0.3 is 10.1 Å². The van der Waals surface area contributed by atoms with Crippen LogP contribution in [0.15, 0.2) is 42.6 Å². The Morgan fingerprint density at radius 3 is 3.05 bits per heavy atom. The quantitative estimate of drug-likeness (QED) is 0.902. The molecule has 0 fully saturated rings. The Morgan fingerprint density at radius 1 is 1.25 bits per heavy atom. The third-order valence-corrected chi connectivity index (χ3v) is 3.88. The monoisotopic (exact) mass is 268 g/mol. The molecule has 3 rings (SSSR count). The van der Waals surface area contributed by atoms with Crippen LogP contribution >= 0.6 is 0 Å². The molecule has 0 aliphatic heterocycles. The van der Waals surface area contributed by atoms with Gasteiger partial charge in [0.2, 0.25) is 0 Å². The summed E-state index contributed by atoms with van der Waals surface area (Å²) in [7, 11) is 1.74. The predicted octanol–water partition coefficient (Wildman–Crippen LogP) is 3.37. The van der Waals surface area contributed by atoms with E-state index in [0.717, 1.165) is 25.9 Å². The maximum absolute atomic E-state index is 5.19. The molecule has 1 aliphatic rings. The summed E-state index contributed by atoms with van der Waals surface area (Å²) in [6, 6.07) is 13.0. The standard InChI is InChI=1S/C17H20N2O/c1-20-12-10-13-5-2-3-7-15(13)19-16-9-8-14-6-4-11-18-17(14)16/h2-7,11,16,19H,8-10,12H2,1H3. The second-order valence-corrected chi connectivity index (χ2v) is 5.18. The van der Waals surface area contributed by atoms with Crippen molar-refractivity contribution in [1.82, 2.24) is 4.98 Å². The molecule has 1 atom stereocenters. The maximum atomic E-state index is 5.19. The molecule has 104 valence electrons. The minimum atomic E-state index is 0.329. The van der Waals surface area contributed by atoms with Gasteiger partial charge in [0.05, 0.1) is 18.3 Å². The highest BCUT2D eigenvalue weighted by atomic mass is 16.5. The Morgan fingerprint density at radius 2 is 2.15 bits per heavy atom. The summed E-state index contributed by atoms with van der Waals surface area (Å²) in [5, 5.41) is 3.66. The van der Waals surface area contributed by atoms with Crippen LogP contribution < -0.4 is 5.32 Å². The summed E-state index contributed by atoms with van der Waals surface area (Å²) in [6.07, 6.45) is 5.04. The van der Waals surface area contributed by atoms with E-state index in [1.807, 2.05) is 12.3 Å². The van der Waals surface area contributed by atoms with Crippen molar-refractivity contribution in [2.75, 3.05) is 19.0 Å². The van der Waals surface area contributed by atoms with Crippen LogP contribution in [-0.2, 0) is 17.6 Å². The highest BCUT2D eigenvalue weighted by Crippen LogP contribution is 2.32. The molecule has 0 spiro atoms. The summed E-state index contributed by atoms with van der Waals surface area (Å²) in [5.74, 6) is 0. The molecule has 1 heterocycles. The number of hydrogen-bond donors (Lipinski definition) is 1. The molecule has 0 bridgehead atoms. The third kappa shape index (κ3) is 2.68. The fraction of sp³-hybridized carbons (Fsp3) is 0.353. The fourth-order valence-corrected chi connectivity index (χ4v) is 2.83. The first-order chi connectivity index (χ1) is 9.88. The number of fused-ring (bicyclic) bond motifs is 1. The number of ether oxygens (including phenoxy) is 1. The van der Waals surface area contributed by atoms with Crippen LogP contribution in [0.2, 0.25) is 0 Å². The van der Waals surface area contributed by atoms with Gasteiger partial charge in [-0.25, -0.2) is 0 Å². The molecule has 0 saturated carbocycles. The SMILES string of the molecule is COCCc1ccccc1NC1CCc2cccnc21. The second kappa shape index (κ2) is 6.06. The molecule has 2 aromatic rings. The molecule has 1 N–H and O–H groups in total. The summed E-state index contributed by atoms with van der Waals surface area (Å²) in [5.41, 5.74) is 5.08. The highest BCUT2D eigenvalue weighted by molar-refractivity contribution is 5.53. The predicted molar refractivity (Wildman–Crippen MR) is 80.9 cm³/mol. The molecule has 20 heavy (non-hydrogen) atoms. The van der Waals surface area contributed by atoms with Gasteiger partial charge >= 0.3 is 0 Å². The van der Waals surface area contributed by atoms with Crippen molar-refractivity contribution in [2.45, 2.75) is 25.3 Å². The Bertz CT molecular complexity index is 583. The van der Waals surface area contributed by atoms with Gasteiger partial charge in [-0.1, -0.05) is 24.3 Å². The number of aromatic nitrogens is 1. The molecule has 1 aromatic carbocycles. The normalized spacial score (nSPS) is 16.9. The maximum Gasteiger partial charge on any atom is 0.0691 e. The molecule has 0 amide bonds. The lowest BCUT2D eigenvalue weighted by molar-refractivity contribution is 0.202. The van der Waals surface area contributed by atoms with Crippen molar-refractivity contribution >= 4 is 5.69 Å². The molecule has 1 aromatic heterocycles. The smallest absolute Gasteiger partial charge is 0.0691 e. The largest absolute Gasteiger partial charge is 0.384 e. The van der Waals surface area contributed by atoms with Crippen molar-refractivity contribution in [2.24, 2.45) is 0 Å². The van der Waals surface area contributed by atoms with Crippen molar-refractivity contribution in [3.63, 3.8) is 0 Å². The number of aryl methyl sites for hydroxylation is 1. The number of rotatable bonds is 5. The number of nitrogens with zero attached hydrogens (tertiary/aromatic N) is 1. The second-order valence-electron chi connectivity index (χ2n) is 5.18. The van der Waals surface area contributed by atoms with Gasteiger partial charge in [0, 0.05) is 19.0 Å². The summed E-state index contributed by atoms with van der Waals surface area (Å²) in [6.45, 7) is 0.748. The first kappa shape index (κ1) is 13.1. The van der Waals surface area contributed by atoms with E-state index >= 15 is 0 Å². The zero-order chi connectivity index (χ0) is 13.8. The van der Waals surface area contributed by atoms with E-state index in [1.54, 1.807) is 7.11 Å². The van der Waals surface area contributed by atoms with Crippen LogP contribution in [-0.4, -0.2) is 18.7 Å². The van der Waals surface area contributed by atoms with Gasteiger partial charge in [-0.2, -0.15) is 0 Å². The Balaban J connectivity index is 1.79. The number of methoxy groups -OCH3 is 1. The first-order valence-corrected chi connectivity index (χ1v) is 7.15. The Labute approximate surface area is 120 Å². The zero-order valence-electron chi connectivity index (χ0n) is 11.8. The molecule has 1 unspecified atom stereocenters. The van der Waals surface area contributed by atoms with Gasteiger partial charge in [-0.15, -0.1) is 0 Å². The molecule has 3 heteroatoms. The first-order valence-electron chi connectivity index (χ1n) is 7.15. The van der Waals surface area contributed by atoms with E-state index in [4.69, 9.17) is 4.74 Å². The van der Waals surface area contributed by atoms with E-state index in [9.17, 15) is 0 Å². The van der Waals surface area contributed by atoms with Gasteiger partial charge in [-0.3, -0.25) is 4.98 Å². The van der Waals surface area contributed by atoms with Gasteiger partial charge in [0.1, 0.15) is 0 Å². The number of anilines is 1. The minimum Gasteiger partial charge on any atom is -0.384 e. The van der Waals surface area contributed by atoms with Gasteiger partial charge in [0.25, 0.3) is 0 Å². The fourth-order valence-electron chi connectivity index (χ4n) is 2.83. The summed E-state index contributed by atoms with van der Waals surface area (Å²) < 4.78 is 5.19. The molecular weight excluding hydrogens is 248 g/mol. The lowest BCUT2D eigenvalue weighted by atomic mass is 10.1. The number of pyridine rings is 1. The molecule has 1 aliphatic carbocycles. The molecule has 0 radical (unpaired) electrons. The number of nitrogens with one attached hydrogen (secondary N) is 1. The van der Waals surface area contributed by atoms with E-state index in [0.29, 0.717) is 6.04 Å². The van der Waals surface area contributed by atoms with E-state index in [-0.39, 0.29) is 0 Å². The van der Waals surface area contributed by atoms with Crippen molar-refractivity contribution in [3.8, 4) is 0 Å².